The number of alkyl halides is 1. The molecule has 0 radical (unpaired) electrons. The van der Waals surface area contributed by atoms with Crippen molar-refractivity contribution in [3.8, 4) is 5.75 Å². The number of hydrogen-bond acceptors (Lipinski definition) is 2. The summed E-state index contributed by atoms with van der Waals surface area (Å²) in [6, 6.07) is 1.80. The molecule has 74 valence electrons. The van der Waals surface area contributed by atoms with Crippen LogP contribution in [0.3, 0.4) is 0 Å². The van der Waals surface area contributed by atoms with Crippen LogP contribution in [0.15, 0.2) is 12.3 Å². The molecule has 0 spiro atoms. The third kappa shape index (κ3) is 2.46. The fourth-order valence-corrected chi connectivity index (χ4v) is 1.27. The standard InChI is InChI=1S/C10H11BrN2O/c1-4-14-10-5-8(7(2)11)13-6-9(10)12-3/h5-7H,4H2,1-2H3. The monoisotopic (exact) mass is 254 g/mol. The maximum absolute atomic E-state index is 6.93. The Morgan fingerprint density at radius 2 is 2.43 bits per heavy atom. The molecule has 1 aromatic rings. The minimum atomic E-state index is 0.168. The second-order valence-electron chi connectivity index (χ2n) is 2.74. The summed E-state index contributed by atoms with van der Waals surface area (Å²) in [6.07, 6.45) is 1.55. The van der Waals surface area contributed by atoms with Crippen LogP contribution in [0, 0.1) is 6.57 Å². The Labute approximate surface area is 92.1 Å². The molecule has 1 heterocycles. The van der Waals surface area contributed by atoms with E-state index < -0.39 is 0 Å². The molecule has 0 fully saturated rings. The van der Waals surface area contributed by atoms with E-state index in [1.807, 2.05) is 13.8 Å². The molecule has 0 amide bonds. The zero-order valence-electron chi connectivity index (χ0n) is 8.12. The maximum atomic E-state index is 6.93. The zero-order valence-corrected chi connectivity index (χ0v) is 9.71. The Balaban J connectivity index is 3.09. The van der Waals surface area contributed by atoms with Gasteiger partial charge in [-0.1, -0.05) is 15.9 Å². The van der Waals surface area contributed by atoms with Gasteiger partial charge in [0, 0.05) is 6.20 Å². The van der Waals surface area contributed by atoms with E-state index in [4.69, 9.17) is 11.3 Å². The van der Waals surface area contributed by atoms with Gasteiger partial charge in [-0.25, -0.2) is 4.85 Å². The van der Waals surface area contributed by atoms with Gasteiger partial charge in [0.2, 0.25) is 5.69 Å². The highest BCUT2D eigenvalue weighted by Gasteiger charge is 2.08. The molecule has 1 atom stereocenters. The van der Waals surface area contributed by atoms with Crippen molar-refractivity contribution in [1.82, 2.24) is 4.98 Å². The molecule has 0 N–H and O–H groups in total. The normalized spacial score (nSPS) is 11.9. The fourth-order valence-electron chi connectivity index (χ4n) is 1.02. The van der Waals surface area contributed by atoms with Crippen molar-refractivity contribution in [2.45, 2.75) is 18.7 Å². The first kappa shape index (κ1) is 11.0. The van der Waals surface area contributed by atoms with Crippen LogP contribution in [0.1, 0.15) is 24.4 Å². The quantitative estimate of drug-likeness (QED) is 0.610. The van der Waals surface area contributed by atoms with E-state index in [2.05, 4.69) is 25.8 Å². The van der Waals surface area contributed by atoms with Crippen molar-refractivity contribution in [2.24, 2.45) is 0 Å². The van der Waals surface area contributed by atoms with Crippen molar-refractivity contribution < 1.29 is 4.74 Å². The number of nitrogens with zero attached hydrogens (tertiary/aromatic N) is 2. The van der Waals surface area contributed by atoms with Crippen LogP contribution in [0.5, 0.6) is 5.75 Å². The molecule has 1 unspecified atom stereocenters. The van der Waals surface area contributed by atoms with Crippen LogP contribution >= 0.6 is 15.9 Å². The lowest BCUT2D eigenvalue weighted by atomic mass is 10.2. The van der Waals surface area contributed by atoms with E-state index >= 15 is 0 Å². The molecule has 3 nitrogen and oxygen atoms in total. The summed E-state index contributed by atoms with van der Waals surface area (Å²) in [4.78, 5) is 7.66. The van der Waals surface area contributed by atoms with E-state index in [0.717, 1.165) is 5.69 Å². The molecule has 1 rings (SSSR count). The third-order valence-corrected chi connectivity index (χ3v) is 2.16. The predicted octanol–water partition coefficient (Wildman–Crippen LogP) is 3.49. The summed E-state index contributed by atoms with van der Waals surface area (Å²) >= 11 is 3.42. The highest BCUT2D eigenvalue weighted by atomic mass is 79.9. The van der Waals surface area contributed by atoms with Crippen LogP contribution < -0.4 is 4.74 Å². The number of halogens is 1. The third-order valence-electron chi connectivity index (χ3n) is 1.70. The first-order valence-electron chi connectivity index (χ1n) is 4.33. The SMILES string of the molecule is [C-]#[N+]c1cnc(C(C)Br)cc1OCC. The van der Waals surface area contributed by atoms with Gasteiger partial charge in [0.15, 0.2) is 0 Å². The van der Waals surface area contributed by atoms with Gasteiger partial charge in [0.1, 0.15) is 5.75 Å². The minimum Gasteiger partial charge on any atom is -0.505 e. The largest absolute Gasteiger partial charge is 0.505 e. The Morgan fingerprint density at radius 3 is 2.93 bits per heavy atom. The van der Waals surface area contributed by atoms with E-state index in [-0.39, 0.29) is 4.83 Å². The van der Waals surface area contributed by atoms with Crippen LogP contribution in [0.4, 0.5) is 5.69 Å². The molecule has 14 heavy (non-hydrogen) atoms. The smallest absolute Gasteiger partial charge is 0.245 e. The lowest BCUT2D eigenvalue weighted by Crippen LogP contribution is -1.95. The van der Waals surface area contributed by atoms with Crippen LogP contribution in [-0.2, 0) is 0 Å². The molecule has 1 aromatic heterocycles. The molecule has 0 aliphatic heterocycles. The van der Waals surface area contributed by atoms with Crippen LogP contribution in [0.2, 0.25) is 0 Å². The highest BCUT2D eigenvalue weighted by molar-refractivity contribution is 9.09. The van der Waals surface area contributed by atoms with Gasteiger partial charge >= 0.3 is 0 Å². The minimum absolute atomic E-state index is 0.168. The Morgan fingerprint density at radius 1 is 1.71 bits per heavy atom. The zero-order chi connectivity index (χ0) is 10.6. The van der Waals surface area contributed by atoms with E-state index in [1.165, 1.54) is 0 Å². The summed E-state index contributed by atoms with van der Waals surface area (Å²) in [7, 11) is 0. The van der Waals surface area contributed by atoms with Gasteiger partial charge < -0.3 is 4.74 Å². The molecular formula is C10H11BrN2O. The lowest BCUT2D eigenvalue weighted by molar-refractivity contribution is 0.341. The number of rotatable bonds is 3. The van der Waals surface area contributed by atoms with E-state index in [9.17, 15) is 0 Å². The second-order valence-corrected chi connectivity index (χ2v) is 4.11. The molecule has 0 aliphatic rings. The molecule has 0 saturated heterocycles. The van der Waals surface area contributed by atoms with Crippen molar-refractivity contribution >= 4 is 21.6 Å². The Hall–Kier alpha value is -1.08. The average molecular weight is 255 g/mol. The summed E-state index contributed by atoms with van der Waals surface area (Å²) < 4.78 is 5.34. The topological polar surface area (TPSA) is 26.5 Å². The van der Waals surface area contributed by atoms with E-state index in [1.54, 1.807) is 12.3 Å². The summed E-state index contributed by atoms with van der Waals surface area (Å²) in [5, 5.41) is 0. The molecule has 0 bridgehead atoms. The number of ether oxygens (including phenoxy) is 1. The van der Waals surface area contributed by atoms with E-state index in [0.29, 0.717) is 18.0 Å². The lowest BCUT2D eigenvalue weighted by Gasteiger charge is -2.08. The van der Waals surface area contributed by atoms with Crippen molar-refractivity contribution in [1.29, 1.82) is 0 Å². The molecular weight excluding hydrogens is 244 g/mol. The summed E-state index contributed by atoms with van der Waals surface area (Å²) in [5.41, 5.74) is 1.34. The number of hydrogen-bond donors (Lipinski definition) is 0. The molecule has 4 heteroatoms. The first-order chi connectivity index (χ1) is 6.69. The highest BCUT2D eigenvalue weighted by Crippen LogP contribution is 2.31. The Kier molecular flexibility index (Phi) is 3.90. The van der Waals surface area contributed by atoms with Gasteiger partial charge in [-0.05, 0) is 19.9 Å². The van der Waals surface area contributed by atoms with Gasteiger partial charge in [0.25, 0.3) is 0 Å². The maximum Gasteiger partial charge on any atom is 0.245 e. The summed E-state index contributed by atoms with van der Waals surface area (Å²) in [5.74, 6) is 0.610. The fraction of sp³-hybridized carbons (Fsp3) is 0.400. The number of aromatic nitrogens is 1. The van der Waals surface area contributed by atoms with Crippen molar-refractivity contribution in [2.75, 3.05) is 6.61 Å². The van der Waals surface area contributed by atoms with Crippen LogP contribution in [-0.4, -0.2) is 11.6 Å². The molecule has 0 aromatic carbocycles. The predicted molar refractivity (Wildman–Crippen MR) is 59.0 cm³/mol. The average Bonchev–Trinajstić information content (AvgIpc) is 2.18. The van der Waals surface area contributed by atoms with Gasteiger partial charge in [-0.15, -0.1) is 0 Å². The molecule has 0 saturated carbocycles. The summed E-state index contributed by atoms with van der Waals surface area (Å²) in [6.45, 7) is 11.4. The Bertz CT molecular complexity index is 358. The number of pyridine rings is 1. The molecule has 0 aliphatic carbocycles. The van der Waals surface area contributed by atoms with Crippen LogP contribution in [0.25, 0.3) is 4.85 Å². The van der Waals surface area contributed by atoms with Gasteiger partial charge in [0.05, 0.1) is 23.7 Å². The van der Waals surface area contributed by atoms with Crippen molar-refractivity contribution in [3.63, 3.8) is 0 Å². The first-order valence-corrected chi connectivity index (χ1v) is 5.24. The second kappa shape index (κ2) is 4.97. The van der Waals surface area contributed by atoms with Gasteiger partial charge in [-0.3, -0.25) is 4.98 Å². The van der Waals surface area contributed by atoms with Crippen molar-refractivity contribution in [3.05, 3.63) is 29.4 Å². The van der Waals surface area contributed by atoms with Gasteiger partial charge in [-0.2, -0.15) is 0 Å².